The van der Waals surface area contributed by atoms with E-state index in [1.54, 1.807) is 12.1 Å². The third-order valence-electron chi connectivity index (χ3n) is 3.42. The molecule has 2 aromatic rings. The number of benzene rings is 2. The van der Waals surface area contributed by atoms with E-state index in [4.69, 9.17) is 0 Å². The van der Waals surface area contributed by atoms with Gasteiger partial charge in [0.25, 0.3) is 0 Å². The second kappa shape index (κ2) is 7.16. The Kier molecular flexibility index (Phi) is 5.46. The summed E-state index contributed by atoms with van der Waals surface area (Å²) in [4.78, 5) is 0.0399. The van der Waals surface area contributed by atoms with Crippen molar-refractivity contribution < 1.29 is 22.3 Å². The molecular formula is C16H17F2NO3S. The molecule has 124 valence electrons. The molecule has 0 heterocycles. The summed E-state index contributed by atoms with van der Waals surface area (Å²) in [5.41, 5.74) is 0.283. The first-order valence-electron chi connectivity index (χ1n) is 7.05. The molecule has 1 atom stereocenters. The smallest absolute Gasteiger partial charge is 0.240 e. The van der Waals surface area contributed by atoms with Crippen molar-refractivity contribution in [1.29, 1.82) is 0 Å². The Hall–Kier alpha value is -1.83. The Bertz CT molecular complexity index is 773. The minimum absolute atomic E-state index is 0.0399. The number of hydrogen-bond donors (Lipinski definition) is 2. The van der Waals surface area contributed by atoms with Crippen molar-refractivity contribution in [3.63, 3.8) is 0 Å². The first-order valence-corrected chi connectivity index (χ1v) is 8.54. The summed E-state index contributed by atoms with van der Waals surface area (Å²) in [5.74, 6) is -1.85. The van der Waals surface area contributed by atoms with Crippen LogP contribution in [0.1, 0.15) is 24.2 Å². The van der Waals surface area contributed by atoms with E-state index in [1.807, 2.05) is 6.92 Å². The van der Waals surface area contributed by atoms with Crippen LogP contribution < -0.4 is 4.72 Å². The molecule has 0 amide bonds. The highest BCUT2D eigenvalue weighted by Crippen LogP contribution is 2.21. The van der Waals surface area contributed by atoms with Crippen LogP contribution in [0.5, 0.6) is 0 Å². The van der Waals surface area contributed by atoms with Crippen molar-refractivity contribution in [1.82, 2.24) is 4.72 Å². The second-order valence-electron chi connectivity index (χ2n) is 5.00. The second-order valence-corrected chi connectivity index (χ2v) is 6.77. The van der Waals surface area contributed by atoms with Gasteiger partial charge in [0.05, 0.1) is 16.6 Å². The Labute approximate surface area is 133 Å². The molecular weight excluding hydrogens is 324 g/mol. The van der Waals surface area contributed by atoms with E-state index in [-0.39, 0.29) is 4.90 Å². The SMILES string of the molecule is CCc1cccc(S(=O)(=O)NCC(O)c2c(F)cccc2F)c1. The first-order chi connectivity index (χ1) is 10.8. The molecule has 0 radical (unpaired) electrons. The maximum atomic E-state index is 13.6. The van der Waals surface area contributed by atoms with E-state index in [9.17, 15) is 22.3 Å². The number of rotatable bonds is 6. The van der Waals surface area contributed by atoms with Gasteiger partial charge in [-0.1, -0.05) is 25.1 Å². The number of halogens is 2. The molecule has 1 unspecified atom stereocenters. The van der Waals surface area contributed by atoms with Gasteiger partial charge in [-0.3, -0.25) is 0 Å². The quantitative estimate of drug-likeness (QED) is 0.848. The number of nitrogens with one attached hydrogen (secondary N) is 1. The number of aryl methyl sites for hydroxylation is 1. The van der Waals surface area contributed by atoms with E-state index < -0.39 is 39.9 Å². The summed E-state index contributed by atoms with van der Waals surface area (Å²) in [6.45, 7) is 1.36. The lowest BCUT2D eigenvalue weighted by Gasteiger charge is -2.14. The van der Waals surface area contributed by atoms with Crippen molar-refractivity contribution in [3.05, 3.63) is 65.2 Å². The van der Waals surface area contributed by atoms with E-state index in [1.165, 1.54) is 18.2 Å². The maximum Gasteiger partial charge on any atom is 0.240 e. The normalized spacial score (nSPS) is 13.0. The number of aliphatic hydroxyl groups is 1. The largest absolute Gasteiger partial charge is 0.387 e. The van der Waals surface area contributed by atoms with Crippen LogP contribution in [0, 0.1) is 11.6 Å². The monoisotopic (exact) mass is 341 g/mol. The van der Waals surface area contributed by atoms with E-state index in [0.29, 0.717) is 6.42 Å². The lowest BCUT2D eigenvalue weighted by atomic mass is 10.1. The van der Waals surface area contributed by atoms with Crippen LogP contribution in [0.2, 0.25) is 0 Å². The molecule has 0 aliphatic heterocycles. The third-order valence-corrected chi connectivity index (χ3v) is 4.84. The summed E-state index contributed by atoms with van der Waals surface area (Å²) in [5, 5.41) is 9.89. The van der Waals surface area contributed by atoms with Gasteiger partial charge in [-0.15, -0.1) is 0 Å². The van der Waals surface area contributed by atoms with Crippen LogP contribution in [0.15, 0.2) is 47.4 Å². The van der Waals surface area contributed by atoms with E-state index in [2.05, 4.69) is 4.72 Å². The molecule has 0 aliphatic carbocycles. The van der Waals surface area contributed by atoms with Crippen molar-refractivity contribution in [2.45, 2.75) is 24.3 Å². The van der Waals surface area contributed by atoms with Gasteiger partial charge < -0.3 is 5.11 Å². The zero-order valence-corrected chi connectivity index (χ0v) is 13.3. The lowest BCUT2D eigenvalue weighted by molar-refractivity contribution is 0.172. The summed E-state index contributed by atoms with van der Waals surface area (Å²) in [7, 11) is -3.88. The summed E-state index contributed by atoms with van der Waals surface area (Å²) >= 11 is 0. The van der Waals surface area contributed by atoms with Crippen molar-refractivity contribution in [2.75, 3.05) is 6.54 Å². The zero-order chi connectivity index (χ0) is 17.0. The lowest BCUT2D eigenvalue weighted by Crippen LogP contribution is -2.29. The molecule has 0 saturated heterocycles. The third kappa shape index (κ3) is 4.13. The average Bonchev–Trinajstić information content (AvgIpc) is 2.53. The maximum absolute atomic E-state index is 13.6. The predicted octanol–water partition coefficient (Wildman–Crippen LogP) is 2.54. The first kappa shape index (κ1) is 17.5. The molecule has 2 aromatic carbocycles. The predicted molar refractivity (Wildman–Crippen MR) is 82.3 cm³/mol. The van der Waals surface area contributed by atoms with Crippen molar-refractivity contribution in [3.8, 4) is 0 Å². The molecule has 0 saturated carbocycles. The molecule has 0 aliphatic rings. The van der Waals surface area contributed by atoms with Crippen LogP contribution in [0.25, 0.3) is 0 Å². The van der Waals surface area contributed by atoms with Gasteiger partial charge in [0, 0.05) is 6.54 Å². The van der Waals surface area contributed by atoms with Gasteiger partial charge in [0.15, 0.2) is 0 Å². The minimum Gasteiger partial charge on any atom is -0.387 e. The molecule has 0 bridgehead atoms. The molecule has 7 heteroatoms. The van der Waals surface area contributed by atoms with Gasteiger partial charge in [-0.25, -0.2) is 21.9 Å². The number of hydrogen-bond acceptors (Lipinski definition) is 3. The fraction of sp³-hybridized carbons (Fsp3) is 0.250. The molecule has 2 rings (SSSR count). The summed E-state index contributed by atoms with van der Waals surface area (Å²) in [6.07, 6.45) is -0.952. The molecule has 0 fully saturated rings. The van der Waals surface area contributed by atoms with Gasteiger partial charge in [-0.05, 0) is 36.2 Å². The molecule has 2 N–H and O–H groups in total. The van der Waals surface area contributed by atoms with Crippen LogP contribution in [-0.4, -0.2) is 20.1 Å². The fourth-order valence-corrected chi connectivity index (χ4v) is 3.24. The standard InChI is InChI=1S/C16H17F2NO3S/c1-2-11-5-3-6-12(9-11)23(21,22)19-10-15(20)16-13(17)7-4-8-14(16)18/h3-9,15,19-20H,2,10H2,1H3. The molecule has 0 aromatic heterocycles. The van der Waals surface area contributed by atoms with Gasteiger partial charge in [-0.2, -0.15) is 0 Å². The van der Waals surface area contributed by atoms with Crippen LogP contribution >= 0.6 is 0 Å². The summed E-state index contributed by atoms with van der Waals surface area (Å²) in [6, 6.07) is 9.50. The van der Waals surface area contributed by atoms with E-state index in [0.717, 1.165) is 17.7 Å². The highest BCUT2D eigenvalue weighted by molar-refractivity contribution is 7.89. The average molecular weight is 341 g/mol. The Morgan fingerprint density at radius 3 is 2.35 bits per heavy atom. The minimum atomic E-state index is -3.88. The zero-order valence-electron chi connectivity index (χ0n) is 12.5. The topological polar surface area (TPSA) is 66.4 Å². The molecule has 23 heavy (non-hydrogen) atoms. The molecule has 0 spiro atoms. The van der Waals surface area contributed by atoms with Crippen LogP contribution in [-0.2, 0) is 16.4 Å². The number of aliphatic hydroxyl groups excluding tert-OH is 1. The Balaban J connectivity index is 2.15. The van der Waals surface area contributed by atoms with Gasteiger partial charge in [0.1, 0.15) is 11.6 Å². The Morgan fingerprint density at radius 1 is 1.13 bits per heavy atom. The Morgan fingerprint density at radius 2 is 1.74 bits per heavy atom. The van der Waals surface area contributed by atoms with E-state index >= 15 is 0 Å². The van der Waals surface area contributed by atoms with Crippen molar-refractivity contribution in [2.24, 2.45) is 0 Å². The molecule has 4 nitrogen and oxygen atoms in total. The summed E-state index contributed by atoms with van der Waals surface area (Å²) < 4.78 is 53.7. The highest BCUT2D eigenvalue weighted by Gasteiger charge is 2.21. The van der Waals surface area contributed by atoms with Gasteiger partial charge >= 0.3 is 0 Å². The van der Waals surface area contributed by atoms with Crippen molar-refractivity contribution >= 4 is 10.0 Å². The number of sulfonamides is 1. The van der Waals surface area contributed by atoms with Crippen LogP contribution in [0.4, 0.5) is 8.78 Å². The highest BCUT2D eigenvalue weighted by atomic mass is 32.2. The fourth-order valence-electron chi connectivity index (χ4n) is 2.14. The van der Waals surface area contributed by atoms with Gasteiger partial charge in [0.2, 0.25) is 10.0 Å². The van der Waals surface area contributed by atoms with Crippen LogP contribution in [0.3, 0.4) is 0 Å².